The van der Waals surface area contributed by atoms with E-state index in [0.717, 1.165) is 51.4 Å². The molecule has 1 atom stereocenters. The third-order valence-electron chi connectivity index (χ3n) is 4.91. The van der Waals surface area contributed by atoms with Crippen molar-refractivity contribution in [2.24, 2.45) is 5.73 Å². The first-order valence-corrected chi connectivity index (χ1v) is 10.6. The fourth-order valence-electron chi connectivity index (χ4n) is 3.31. The average Bonchev–Trinajstić information content (AvgIpc) is 2.64. The monoisotopic (exact) mass is 369 g/mol. The molecule has 2 amide bonds. The summed E-state index contributed by atoms with van der Waals surface area (Å²) >= 11 is 0. The molecule has 0 aromatic carbocycles. The number of nitrogens with one attached hydrogen (secondary N) is 1. The smallest absolute Gasteiger partial charge is 0.409 e. The number of hydrogen-bond acceptors (Lipinski definition) is 4. The highest BCUT2D eigenvalue weighted by Crippen LogP contribution is 2.20. The first-order chi connectivity index (χ1) is 12.7. The number of piperidine rings is 1. The number of amides is 2. The first kappa shape index (κ1) is 22.7. The zero-order chi connectivity index (χ0) is 19.0. The molecular weight excluding hydrogens is 330 g/mol. The summed E-state index contributed by atoms with van der Waals surface area (Å²) in [5.74, 6) is 0.126. The fourth-order valence-corrected chi connectivity index (χ4v) is 3.31. The highest BCUT2D eigenvalue weighted by Gasteiger charge is 2.29. The second-order valence-electron chi connectivity index (χ2n) is 7.24. The van der Waals surface area contributed by atoms with Gasteiger partial charge in [0.2, 0.25) is 5.91 Å². The summed E-state index contributed by atoms with van der Waals surface area (Å²) in [6, 6.07) is 0. The van der Waals surface area contributed by atoms with Gasteiger partial charge in [0.1, 0.15) is 0 Å². The van der Waals surface area contributed by atoms with E-state index in [1.165, 1.54) is 25.7 Å². The maximum Gasteiger partial charge on any atom is 0.409 e. The van der Waals surface area contributed by atoms with Crippen molar-refractivity contribution >= 4 is 12.0 Å². The van der Waals surface area contributed by atoms with Crippen LogP contribution in [0.5, 0.6) is 0 Å². The summed E-state index contributed by atoms with van der Waals surface area (Å²) in [5, 5.41) is 2.78. The molecule has 0 unspecified atom stereocenters. The largest absolute Gasteiger partial charge is 0.425 e. The van der Waals surface area contributed by atoms with E-state index < -0.39 is 12.3 Å². The minimum atomic E-state index is -0.415. The molecule has 6 heteroatoms. The molecule has 0 aromatic heterocycles. The van der Waals surface area contributed by atoms with Crippen molar-refractivity contribution in [3.8, 4) is 0 Å². The van der Waals surface area contributed by atoms with E-state index in [4.69, 9.17) is 10.5 Å². The topological polar surface area (TPSA) is 84.7 Å². The Morgan fingerprint density at radius 3 is 2.54 bits per heavy atom. The van der Waals surface area contributed by atoms with Crippen LogP contribution in [0, 0.1) is 0 Å². The SMILES string of the molecule is CCCCCCCCC(=O)N1CCCC[C@@H]1OC(=O)NCCCCCN. The van der Waals surface area contributed by atoms with E-state index in [9.17, 15) is 9.59 Å². The lowest BCUT2D eigenvalue weighted by molar-refractivity contribution is -0.144. The third-order valence-corrected chi connectivity index (χ3v) is 4.91. The molecule has 0 bridgehead atoms. The number of alkyl carbamates (subject to hydrolysis) is 1. The van der Waals surface area contributed by atoms with Gasteiger partial charge in [0.05, 0.1) is 0 Å². The number of nitrogens with zero attached hydrogens (tertiary/aromatic N) is 1. The summed E-state index contributed by atoms with van der Waals surface area (Å²) in [6.45, 7) is 4.18. The molecular formula is C20H39N3O3. The molecule has 1 fully saturated rings. The third kappa shape index (κ3) is 10.00. The molecule has 152 valence electrons. The van der Waals surface area contributed by atoms with Crippen molar-refractivity contribution < 1.29 is 14.3 Å². The van der Waals surface area contributed by atoms with Gasteiger partial charge < -0.3 is 20.7 Å². The molecule has 0 aliphatic carbocycles. The van der Waals surface area contributed by atoms with Gasteiger partial charge in [0.15, 0.2) is 6.23 Å². The predicted octanol–water partition coefficient (Wildman–Crippen LogP) is 3.93. The standard InChI is InChI=1S/C20H39N3O3/c1-2-3-4-5-6-8-13-18(24)23-17-12-9-14-19(23)26-20(25)22-16-11-7-10-15-21/h19H,2-17,21H2,1H3,(H,22,25)/t19-/m0/s1. The van der Waals surface area contributed by atoms with Gasteiger partial charge in [-0.3, -0.25) is 4.79 Å². The Bertz CT molecular complexity index is 390. The molecule has 0 aromatic rings. The van der Waals surface area contributed by atoms with Crippen molar-refractivity contribution in [1.82, 2.24) is 10.2 Å². The van der Waals surface area contributed by atoms with Crippen molar-refractivity contribution in [1.29, 1.82) is 0 Å². The van der Waals surface area contributed by atoms with Crippen molar-refractivity contribution in [2.75, 3.05) is 19.6 Å². The Balaban J connectivity index is 2.27. The van der Waals surface area contributed by atoms with Gasteiger partial charge in [-0.05, 0) is 38.6 Å². The van der Waals surface area contributed by atoms with E-state index >= 15 is 0 Å². The van der Waals surface area contributed by atoms with Crippen LogP contribution in [-0.4, -0.2) is 42.8 Å². The van der Waals surface area contributed by atoms with Crippen molar-refractivity contribution in [3.63, 3.8) is 0 Å². The Hall–Kier alpha value is -1.30. The highest BCUT2D eigenvalue weighted by atomic mass is 16.6. The van der Waals surface area contributed by atoms with Gasteiger partial charge in [-0.25, -0.2) is 4.79 Å². The van der Waals surface area contributed by atoms with Gasteiger partial charge in [-0.2, -0.15) is 0 Å². The molecule has 0 radical (unpaired) electrons. The molecule has 1 rings (SSSR count). The van der Waals surface area contributed by atoms with Crippen LogP contribution < -0.4 is 11.1 Å². The molecule has 0 spiro atoms. The Morgan fingerprint density at radius 1 is 1.04 bits per heavy atom. The van der Waals surface area contributed by atoms with Crippen molar-refractivity contribution in [2.45, 2.75) is 96.6 Å². The molecule has 3 N–H and O–H groups in total. The number of ether oxygens (including phenoxy) is 1. The molecule has 1 saturated heterocycles. The number of carbonyl (C=O) groups excluding carboxylic acids is 2. The summed E-state index contributed by atoms with van der Waals surface area (Å²) < 4.78 is 5.52. The van der Waals surface area contributed by atoms with Crippen LogP contribution in [0.1, 0.15) is 90.4 Å². The van der Waals surface area contributed by atoms with E-state index in [-0.39, 0.29) is 5.91 Å². The van der Waals surface area contributed by atoms with Crippen LogP contribution >= 0.6 is 0 Å². The number of unbranched alkanes of at least 4 members (excludes halogenated alkanes) is 7. The van der Waals surface area contributed by atoms with Gasteiger partial charge in [0, 0.05) is 25.9 Å². The predicted molar refractivity (Wildman–Crippen MR) is 105 cm³/mol. The van der Waals surface area contributed by atoms with Crippen molar-refractivity contribution in [3.05, 3.63) is 0 Å². The van der Waals surface area contributed by atoms with Crippen LogP contribution in [0.3, 0.4) is 0 Å². The molecule has 26 heavy (non-hydrogen) atoms. The molecule has 1 aliphatic rings. The number of hydrogen-bond donors (Lipinski definition) is 2. The number of rotatable bonds is 13. The van der Waals surface area contributed by atoms with Crippen LogP contribution in [-0.2, 0) is 9.53 Å². The molecule has 1 aliphatic heterocycles. The average molecular weight is 370 g/mol. The lowest BCUT2D eigenvalue weighted by Gasteiger charge is -2.35. The molecule has 1 heterocycles. The quantitative estimate of drug-likeness (QED) is 0.482. The number of likely N-dealkylation sites (tertiary alicyclic amines) is 1. The zero-order valence-electron chi connectivity index (χ0n) is 16.6. The number of nitrogens with two attached hydrogens (primary N) is 1. The van der Waals surface area contributed by atoms with E-state index in [1.807, 2.05) is 0 Å². The second kappa shape index (κ2) is 14.8. The Kier molecular flexibility index (Phi) is 13.0. The maximum absolute atomic E-state index is 12.5. The van der Waals surface area contributed by atoms with Gasteiger partial charge in [0.25, 0.3) is 0 Å². The minimum absolute atomic E-state index is 0.126. The first-order valence-electron chi connectivity index (χ1n) is 10.6. The highest BCUT2D eigenvalue weighted by molar-refractivity contribution is 5.77. The second-order valence-corrected chi connectivity index (χ2v) is 7.24. The van der Waals surface area contributed by atoms with Gasteiger partial charge in [-0.15, -0.1) is 0 Å². The maximum atomic E-state index is 12.5. The summed E-state index contributed by atoms with van der Waals surface area (Å²) in [5.41, 5.74) is 5.45. The molecule has 0 saturated carbocycles. The zero-order valence-corrected chi connectivity index (χ0v) is 16.6. The lowest BCUT2D eigenvalue weighted by Crippen LogP contribution is -2.47. The van der Waals surface area contributed by atoms with Crippen LogP contribution in [0.15, 0.2) is 0 Å². The van der Waals surface area contributed by atoms with Crippen LogP contribution in [0.4, 0.5) is 4.79 Å². The van der Waals surface area contributed by atoms with Gasteiger partial charge in [-0.1, -0.05) is 45.4 Å². The Labute approximate surface area is 159 Å². The summed E-state index contributed by atoms with van der Waals surface area (Å²) in [4.78, 5) is 26.3. The van der Waals surface area contributed by atoms with E-state index in [2.05, 4.69) is 12.2 Å². The van der Waals surface area contributed by atoms with E-state index in [0.29, 0.717) is 26.1 Å². The normalized spacial score (nSPS) is 17.2. The summed E-state index contributed by atoms with van der Waals surface area (Å²) in [7, 11) is 0. The minimum Gasteiger partial charge on any atom is -0.425 e. The fraction of sp³-hybridized carbons (Fsp3) is 0.900. The Morgan fingerprint density at radius 2 is 1.77 bits per heavy atom. The molecule has 6 nitrogen and oxygen atoms in total. The van der Waals surface area contributed by atoms with E-state index in [1.54, 1.807) is 4.90 Å². The lowest BCUT2D eigenvalue weighted by atomic mass is 10.1. The number of carbonyl (C=O) groups is 2. The van der Waals surface area contributed by atoms with Crippen LogP contribution in [0.2, 0.25) is 0 Å². The van der Waals surface area contributed by atoms with Crippen LogP contribution in [0.25, 0.3) is 0 Å². The summed E-state index contributed by atoms with van der Waals surface area (Å²) in [6.07, 6.45) is 12.3. The van der Waals surface area contributed by atoms with Gasteiger partial charge >= 0.3 is 6.09 Å².